The highest BCUT2D eigenvalue weighted by Crippen LogP contribution is 2.39. The molecule has 260 valence electrons. The first kappa shape index (κ1) is 37.2. The van der Waals surface area contributed by atoms with E-state index in [2.05, 4.69) is 16.0 Å². The molecule has 1 aliphatic rings. The van der Waals surface area contributed by atoms with Crippen LogP contribution in [0.15, 0.2) is 83.4 Å². The number of esters is 1. The van der Waals surface area contributed by atoms with Crippen molar-refractivity contribution < 1.29 is 23.9 Å². The third-order valence-corrected chi connectivity index (χ3v) is 11.1. The average molecular weight is 751 g/mol. The molecule has 0 spiro atoms. The number of aryl methyl sites for hydroxylation is 1. The summed E-state index contributed by atoms with van der Waals surface area (Å²) in [5.74, 6) is -1.66. The second kappa shape index (κ2) is 17.7. The molecular formula is C38H37Cl2N3O5S2. The maximum absolute atomic E-state index is 13.6. The molecule has 3 aromatic carbocycles. The quantitative estimate of drug-likeness (QED) is 0.0576. The van der Waals surface area contributed by atoms with E-state index in [-0.39, 0.29) is 18.2 Å². The minimum absolute atomic E-state index is 0.0290. The van der Waals surface area contributed by atoms with Gasteiger partial charge in [0.05, 0.1) is 17.4 Å². The first-order chi connectivity index (χ1) is 24.2. The van der Waals surface area contributed by atoms with E-state index in [0.29, 0.717) is 43.8 Å². The summed E-state index contributed by atoms with van der Waals surface area (Å²) < 4.78 is 5.38. The predicted molar refractivity (Wildman–Crippen MR) is 204 cm³/mol. The minimum Gasteiger partial charge on any atom is -0.462 e. The van der Waals surface area contributed by atoms with Gasteiger partial charge in [0.25, 0.3) is 11.8 Å². The van der Waals surface area contributed by atoms with Crippen LogP contribution in [0, 0.1) is 0 Å². The second-order valence-corrected chi connectivity index (χ2v) is 14.7. The first-order valence-electron chi connectivity index (χ1n) is 16.4. The van der Waals surface area contributed by atoms with Gasteiger partial charge in [0.2, 0.25) is 5.91 Å². The van der Waals surface area contributed by atoms with Gasteiger partial charge in [-0.05, 0) is 98.7 Å². The maximum Gasteiger partial charge on any atom is 0.341 e. The van der Waals surface area contributed by atoms with E-state index in [0.717, 1.165) is 47.4 Å². The van der Waals surface area contributed by atoms with Crippen LogP contribution >= 0.6 is 46.3 Å². The number of carbonyl (C=O) groups is 4. The molecule has 1 atom stereocenters. The van der Waals surface area contributed by atoms with E-state index in [9.17, 15) is 19.2 Å². The van der Waals surface area contributed by atoms with E-state index in [4.69, 9.17) is 27.9 Å². The zero-order chi connectivity index (χ0) is 35.6. The predicted octanol–water partition coefficient (Wildman–Crippen LogP) is 9.42. The summed E-state index contributed by atoms with van der Waals surface area (Å²) in [6.07, 6.45) is 6.83. The van der Waals surface area contributed by atoms with Crippen LogP contribution in [0.4, 0.5) is 10.7 Å². The molecule has 12 heteroatoms. The van der Waals surface area contributed by atoms with E-state index < -0.39 is 23.0 Å². The van der Waals surface area contributed by atoms with Gasteiger partial charge in [-0.3, -0.25) is 14.4 Å². The van der Waals surface area contributed by atoms with Crippen LogP contribution in [-0.4, -0.2) is 35.5 Å². The number of hydrogen-bond donors (Lipinski definition) is 3. The number of rotatable bonds is 12. The molecule has 8 nitrogen and oxygen atoms in total. The molecule has 1 aromatic heterocycles. The summed E-state index contributed by atoms with van der Waals surface area (Å²) in [4.78, 5) is 55.2. The lowest BCUT2D eigenvalue weighted by Crippen LogP contribution is -2.30. The molecule has 50 heavy (non-hydrogen) atoms. The number of halogens is 2. The molecule has 0 saturated carbocycles. The van der Waals surface area contributed by atoms with Crippen molar-refractivity contribution in [3.05, 3.63) is 116 Å². The SMILES string of the molecule is CCOC(=O)c1c(NC(=O)C(CC)Sc2cccc(NC(=O)/C(=C\c3ccc(Cl)cc3Cl)NC(=O)c3ccccc3)c2)sc2c1CCCCC2. The third-order valence-electron chi connectivity index (χ3n) is 7.96. The molecule has 1 unspecified atom stereocenters. The number of thioether (sulfide) groups is 1. The van der Waals surface area contributed by atoms with Crippen molar-refractivity contribution in [2.45, 2.75) is 62.5 Å². The Morgan fingerprint density at radius 3 is 2.44 bits per heavy atom. The van der Waals surface area contributed by atoms with Crippen LogP contribution < -0.4 is 16.0 Å². The first-order valence-corrected chi connectivity index (χ1v) is 18.9. The summed E-state index contributed by atoms with van der Waals surface area (Å²) in [7, 11) is 0. The number of benzene rings is 3. The Morgan fingerprint density at radius 1 is 0.920 bits per heavy atom. The van der Waals surface area contributed by atoms with E-state index in [1.807, 2.05) is 13.0 Å². The van der Waals surface area contributed by atoms with Crippen LogP contribution in [0.1, 0.15) is 76.3 Å². The molecule has 3 amide bonds. The van der Waals surface area contributed by atoms with Gasteiger partial charge < -0.3 is 20.7 Å². The van der Waals surface area contributed by atoms with Crippen LogP contribution in [0.5, 0.6) is 0 Å². The summed E-state index contributed by atoms with van der Waals surface area (Å²) in [5, 5.41) is 9.42. The Hall–Kier alpha value is -4.09. The number of hydrogen-bond acceptors (Lipinski definition) is 7. The van der Waals surface area contributed by atoms with Crippen molar-refractivity contribution in [1.82, 2.24) is 5.32 Å². The standard InChI is InChI=1S/C38H37Cl2N3O5S2/c1-3-31(36(46)43-37-33(38(47)48-4-2)28-16-9-6-10-17-32(28)50-37)49-27-15-11-14-26(22-27)41-35(45)30(20-24-18-19-25(39)21-29(24)40)42-34(44)23-12-7-5-8-13-23/h5,7-8,11-15,18-22,31H,3-4,6,9-10,16-17H2,1-2H3,(H,41,45)(H,42,44)(H,43,46)/b30-20+. The summed E-state index contributed by atoms with van der Waals surface area (Å²) in [6, 6.07) is 20.5. The fraction of sp³-hybridized carbons (Fsp3) is 0.263. The smallest absolute Gasteiger partial charge is 0.341 e. The minimum atomic E-state index is -0.573. The van der Waals surface area contributed by atoms with Crippen LogP contribution in [0.2, 0.25) is 10.0 Å². The number of thiophene rings is 1. The normalized spacial score (nSPS) is 13.4. The third kappa shape index (κ3) is 9.57. The van der Waals surface area contributed by atoms with Crippen molar-refractivity contribution in [2.75, 3.05) is 17.2 Å². The number of carbonyl (C=O) groups excluding carboxylic acids is 4. The zero-order valence-electron chi connectivity index (χ0n) is 27.6. The van der Waals surface area contributed by atoms with Gasteiger partial charge in [0, 0.05) is 31.1 Å². The Kier molecular flexibility index (Phi) is 13.2. The van der Waals surface area contributed by atoms with Crippen LogP contribution in [0.3, 0.4) is 0 Å². The summed E-state index contributed by atoms with van der Waals surface area (Å²) in [6.45, 7) is 3.95. The molecule has 0 fully saturated rings. The topological polar surface area (TPSA) is 114 Å². The molecule has 5 rings (SSSR count). The fourth-order valence-corrected chi connectivity index (χ4v) is 8.25. The van der Waals surface area contributed by atoms with Crippen molar-refractivity contribution in [3.63, 3.8) is 0 Å². The number of amides is 3. The van der Waals surface area contributed by atoms with Crippen molar-refractivity contribution in [2.24, 2.45) is 0 Å². The monoisotopic (exact) mass is 749 g/mol. The largest absolute Gasteiger partial charge is 0.462 e. The highest BCUT2D eigenvalue weighted by molar-refractivity contribution is 8.00. The molecule has 3 N–H and O–H groups in total. The lowest BCUT2D eigenvalue weighted by atomic mass is 10.1. The molecule has 4 aromatic rings. The Labute approximate surface area is 310 Å². The molecule has 1 aliphatic carbocycles. The van der Waals surface area contributed by atoms with E-state index in [1.54, 1.807) is 73.7 Å². The highest BCUT2D eigenvalue weighted by atomic mass is 35.5. The highest BCUT2D eigenvalue weighted by Gasteiger charge is 2.28. The molecule has 1 heterocycles. The van der Waals surface area contributed by atoms with Gasteiger partial charge in [-0.2, -0.15) is 0 Å². The van der Waals surface area contributed by atoms with Crippen LogP contribution in [0.25, 0.3) is 6.08 Å². The summed E-state index contributed by atoms with van der Waals surface area (Å²) in [5.41, 5.74) is 2.78. The molecule has 0 aliphatic heterocycles. The maximum atomic E-state index is 13.6. The Morgan fingerprint density at radius 2 is 1.70 bits per heavy atom. The van der Waals surface area contributed by atoms with Gasteiger partial charge in [0.15, 0.2) is 0 Å². The van der Waals surface area contributed by atoms with Gasteiger partial charge in [0.1, 0.15) is 10.7 Å². The van der Waals surface area contributed by atoms with Gasteiger partial charge in [-0.25, -0.2) is 4.79 Å². The molecule has 0 radical (unpaired) electrons. The zero-order valence-corrected chi connectivity index (χ0v) is 30.8. The lowest BCUT2D eigenvalue weighted by molar-refractivity contribution is -0.116. The van der Waals surface area contributed by atoms with E-state index >= 15 is 0 Å². The Balaban J connectivity index is 1.33. The van der Waals surface area contributed by atoms with Gasteiger partial charge in [-0.15, -0.1) is 23.1 Å². The average Bonchev–Trinajstić information content (AvgIpc) is 3.27. The Bertz CT molecular complexity index is 1910. The second-order valence-electron chi connectivity index (χ2n) is 11.5. The number of fused-ring (bicyclic) bond motifs is 1. The molecular weight excluding hydrogens is 713 g/mol. The van der Waals surface area contributed by atoms with Gasteiger partial charge in [-0.1, -0.05) is 66.9 Å². The van der Waals surface area contributed by atoms with Crippen molar-refractivity contribution >= 4 is 86.8 Å². The molecule has 0 bridgehead atoms. The van der Waals surface area contributed by atoms with Crippen molar-refractivity contribution in [3.8, 4) is 0 Å². The fourth-order valence-electron chi connectivity index (χ4n) is 5.49. The number of nitrogens with one attached hydrogen (secondary N) is 3. The number of anilines is 2. The number of ether oxygens (including phenoxy) is 1. The summed E-state index contributed by atoms with van der Waals surface area (Å²) >= 11 is 15.3. The molecule has 0 saturated heterocycles. The lowest BCUT2D eigenvalue weighted by Gasteiger charge is -2.16. The van der Waals surface area contributed by atoms with Gasteiger partial charge >= 0.3 is 5.97 Å². The van der Waals surface area contributed by atoms with E-state index in [1.165, 1.54) is 29.2 Å². The van der Waals surface area contributed by atoms with Crippen LogP contribution in [-0.2, 0) is 27.2 Å². The van der Waals surface area contributed by atoms with Crippen molar-refractivity contribution in [1.29, 1.82) is 0 Å².